The summed E-state index contributed by atoms with van der Waals surface area (Å²) < 4.78 is 5.40. The third-order valence-corrected chi connectivity index (χ3v) is 5.32. The first kappa shape index (κ1) is 16.9. The molecule has 1 aliphatic heterocycles. The second kappa shape index (κ2) is 6.90. The van der Waals surface area contributed by atoms with E-state index in [-0.39, 0.29) is 11.8 Å². The molecule has 24 heavy (non-hydrogen) atoms. The summed E-state index contributed by atoms with van der Waals surface area (Å²) in [5.74, 6) is 0.955. The van der Waals surface area contributed by atoms with Crippen molar-refractivity contribution in [2.45, 2.75) is 38.8 Å². The van der Waals surface area contributed by atoms with Gasteiger partial charge in [-0.1, -0.05) is 11.3 Å². The second-order valence-corrected chi connectivity index (χ2v) is 7.72. The lowest BCUT2D eigenvalue weighted by atomic mass is 9.95. The van der Waals surface area contributed by atoms with Crippen LogP contribution in [0.2, 0.25) is 0 Å². The van der Waals surface area contributed by atoms with Gasteiger partial charge in [0.25, 0.3) is 0 Å². The molecule has 1 fully saturated rings. The molecule has 0 aliphatic carbocycles. The van der Waals surface area contributed by atoms with Crippen LogP contribution in [0.3, 0.4) is 0 Å². The van der Waals surface area contributed by atoms with Gasteiger partial charge in [0.15, 0.2) is 0 Å². The highest BCUT2D eigenvalue weighted by molar-refractivity contribution is 7.15. The quantitative estimate of drug-likeness (QED) is 0.856. The topological polar surface area (TPSA) is 97.3 Å². The van der Waals surface area contributed by atoms with E-state index in [1.807, 2.05) is 26.0 Å². The number of nitrogens with zero attached hydrogens (tertiary/aromatic N) is 3. The van der Waals surface area contributed by atoms with E-state index in [4.69, 9.17) is 10.2 Å². The van der Waals surface area contributed by atoms with Gasteiger partial charge in [0.1, 0.15) is 10.8 Å². The van der Waals surface area contributed by atoms with Crippen molar-refractivity contribution in [1.82, 2.24) is 20.4 Å². The molecule has 0 saturated carbocycles. The lowest BCUT2D eigenvalue weighted by molar-refractivity contribution is -0.128. The molecule has 0 bridgehead atoms. The number of aromatic nitrogens is 2. The van der Waals surface area contributed by atoms with Crippen LogP contribution in [0.4, 0.5) is 5.13 Å². The molecule has 2 aromatic rings. The van der Waals surface area contributed by atoms with Crippen molar-refractivity contribution in [3.63, 3.8) is 0 Å². The second-order valence-electron chi connectivity index (χ2n) is 6.71. The number of amides is 1. The van der Waals surface area contributed by atoms with Crippen LogP contribution in [-0.4, -0.2) is 34.1 Å². The Morgan fingerprint density at radius 3 is 3.04 bits per heavy atom. The average molecular weight is 349 g/mol. The van der Waals surface area contributed by atoms with Crippen LogP contribution in [0, 0.1) is 5.92 Å². The van der Waals surface area contributed by atoms with E-state index in [1.165, 1.54) is 11.3 Å². The number of carbonyl (C=O) groups is 1. The van der Waals surface area contributed by atoms with Gasteiger partial charge in [-0.2, -0.15) is 0 Å². The van der Waals surface area contributed by atoms with E-state index in [1.54, 1.807) is 6.26 Å². The van der Waals surface area contributed by atoms with Crippen LogP contribution < -0.4 is 11.1 Å². The maximum Gasteiger partial charge on any atom is 0.225 e. The van der Waals surface area contributed by atoms with E-state index in [9.17, 15) is 4.79 Å². The van der Waals surface area contributed by atoms with E-state index in [0.717, 1.165) is 43.2 Å². The summed E-state index contributed by atoms with van der Waals surface area (Å²) in [6.07, 6.45) is 3.58. The van der Waals surface area contributed by atoms with Gasteiger partial charge in [-0.15, -0.1) is 10.2 Å². The van der Waals surface area contributed by atoms with Gasteiger partial charge in [-0.3, -0.25) is 9.69 Å². The number of hydrogen-bond donors (Lipinski definition) is 2. The molecule has 1 saturated heterocycles. The minimum absolute atomic E-state index is 0.0294. The Bertz CT molecular complexity index is 682. The first-order chi connectivity index (χ1) is 11.4. The Kier molecular flexibility index (Phi) is 4.86. The largest absolute Gasteiger partial charge is 0.468 e. The van der Waals surface area contributed by atoms with Gasteiger partial charge in [-0.25, -0.2) is 0 Å². The number of likely N-dealkylation sites (tertiary alicyclic amines) is 1. The lowest BCUT2D eigenvalue weighted by Crippen LogP contribution is -2.48. The van der Waals surface area contributed by atoms with Crippen LogP contribution in [-0.2, 0) is 16.9 Å². The number of rotatable bonds is 5. The van der Waals surface area contributed by atoms with Crippen molar-refractivity contribution >= 4 is 22.4 Å². The molecule has 1 amide bonds. The molecule has 130 valence electrons. The molecule has 0 spiro atoms. The molecule has 1 atom stereocenters. The van der Waals surface area contributed by atoms with Gasteiger partial charge >= 0.3 is 0 Å². The highest BCUT2D eigenvalue weighted by Crippen LogP contribution is 2.26. The molecule has 0 radical (unpaired) electrons. The highest BCUT2D eigenvalue weighted by Gasteiger charge is 2.32. The number of hydrogen-bond acceptors (Lipinski definition) is 7. The number of nitrogens with two attached hydrogens (primary N) is 1. The molecule has 0 aromatic carbocycles. The summed E-state index contributed by atoms with van der Waals surface area (Å²) >= 11 is 1.30. The smallest absolute Gasteiger partial charge is 0.225 e. The number of anilines is 1. The zero-order valence-electron chi connectivity index (χ0n) is 14.0. The van der Waals surface area contributed by atoms with Crippen molar-refractivity contribution in [2.24, 2.45) is 5.92 Å². The van der Waals surface area contributed by atoms with Crippen molar-refractivity contribution in [3.05, 3.63) is 29.2 Å². The monoisotopic (exact) mass is 349 g/mol. The fourth-order valence-corrected chi connectivity index (χ4v) is 3.65. The Hall–Kier alpha value is -1.93. The summed E-state index contributed by atoms with van der Waals surface area (Å²) in [4.78, 5) is 15.0. The Morgan fingerprint density at radius 2 is 2.38 bits per heavy atom. The number of nitrogens with one attached hydrogen (secondary N) is 1. The normalized spacial score (nSPS) is 19.3. The molecule has 3 heterocycles. The van der Waals surface area contributed by atoms with Gasteiger partial charge < -0.3 is 15.5 Å². The summed E-state index contributed by atoms with van der Waals surface area (Å²) in [7, 11) is 0. The third kappa shape index (κ3) is 3.93. The van der Waals surface area contributed by atoms with E-state index in [2.05, 4.69) is 20.4 Å². The van der Waals surface area contributed by atoms with E-state index < -0.39 is 5.54 Å². The van der Waals surface area contributed by atoms with E-state index in [0.29, 0.717) is 5.13 Å². The lowest BCUT2D eigenvalue weighted by Gasteiger charge is -2.33. The molecule has 8 heteroatoms. The molecule has 3 N–H and O–H groups in total. The number of piperidine rings is 1. The molecule has 7 nitrogen and oxygen atoms in total. The van der Waals surface area contributed by atoms with Crippen molar-refractivity contribution in [2.75, 3.05) is 18.8 Å². The number of nitrogen functional groups attached to an aromatic ring is 1. The maximum absolute atomic E-state index is 12.7. The molecular weight excluding hydrogens is 326 g/mol. The zero-order valence-corrected chi connectivity index (χ0v) is 14.8. The fraction of sp³-hybridized carbons (Fsp3) is 0.562. The summed E-state index contributed by atoms with van der Waals surface area (Å²) in [5, 5.41) is 12.1. The standard InChI is InChI=1S/C16H23N5O2S/c1-16(2,14-19-20-15(17)24-14)18-13(22)11-5-3-7-21(9-11)10-12-6-4-8-23-12/h4,6,8,11H,3,5,7,9-10H2,1-2H3,(H2,17,20)(H,18,22). The predicted octanol–water partition coefficient (Wildman–Crippen LogP) is 1.98. The Balaban J connectivity index is 1.59. The van der Waals surface area contributed by atoms with Gasteiger partial charge in [0.05, 0.1) is 24.3 Å². The van der Waals surface area contributed by atoms with Crippen molar-refractivity contribution in [3.8, 4) is 0 Å². The Morgan fingerprint density at radius 1 is 1.54 bits per heavy atom. The van der Waals surface area contributed by atoms with Crippen LogP contribution in [0.5, 0.6) is 0 Å². The molecule has 2 aromatic heterocycles. The SMILES string of the molecule is CC(C)(NC(=O)C1CCCN(Cc2ccco2)C1)c1nnc(N)s1. The molecular formula is C16H23N5O2S. The minimum atomic E-state index is -0.574. The molecule has 1 unspecified atom stereocenters. The van der Waals surface area contributed by atoms with E-state index >= 15 is 0 Å². The van der Waals surface area contributed by atoms with Crippen LogP contribution in [0.25, 0.3) is 0 Å². The number of furan rings is 1. The summed E-state index contributed by atoms with van der Waals surface area (Å²) in [5.41, 5.74) is 5.07. The first-order valence-corrected chi connectivity index (χ1v) is 8.92. The average Bonchev–Trinajstić information content (AvgIpc) is 3.19. The minimum Gasteiger partial charge on any atom is -0.468 e. The van der Waals surface area contributed by atoms with Crippen LogP contribution in [0.15, 0.2) is 22.8 Å². The van der Waals surface area contributed by atoms with Crippen molar-refractivity contribution < 1.29 is 9.21 Å². The van der Waals surface area contributed by atoms with Crippen LogP contribution >= 0.6 is 11.3 Å². The summed E-state index contributed by atoms with van der Waals surface area (Å²) in [6.45, 7) is 6.32. The molecule has 3 rings (SSSR count). The predicted molar refractivity (Wildman–Crippen MR) is 92.2 cm³/mol. The first-order valence-electron chi connectivity index (χ1n) is 8.10. The van der Waals surface area contributed by atoms with Crippen LogP contribution in [0.1, 0.15) is 37.5 Å². The third-order valence-electron chi connectivity index (χ3n) is 4.25. The number of carbonyl (C=O) groups excluding carboxylic acids is 1. The van der Waals surface area contributed by atoms with Gasteiger partial charge in [0.2, 0.25) is 11.0 Å². The zero-order chi connectivity index (χ0) is 17.2. The fourth-order valence-electron chi connectivity index (χ4n) is 2.99. The van der Waals surface area contributed by atoms with Crippen molar-refractivity contribution in [1.29, 1.82) is 0 Å². The highest BCUT2D eigenvalue weighted by atomic mass is 32.1. The summed E-state index contributed by atoms with van der Waals surface area (Å²) in [6, 6.07) is 3.85. The Labute approximate surface area is 145 Å². The van der Waals surface area contributed by atoms with Gasteiger partial charge in [-0.05, 0) is 45.4 Å². The maximum atomic E-state index is 12.7. The van der Waals surface area contributed by atoms with Gasteiger partial charge in [0, 0.05) is 6.54 Å². The molecule has 1 aliphatic rings.